The van der Waals surface area contributed by atoms with Gasteiger partial charge in [0.1, 0.15) is 0 Å². The molecule has 1 amide bonds. The number of amides is 1. The quantitative estimate of drug-likeness (QED) is 0.692. The summed E-state index contributed by atoms with van der Waals surface area (Å²) in [5, 5.41) is 24.4. The van der Waals surface area contributed by atoms with Crippen LogP contribution in [0, 0.1) is 0 Å². The van der Waals surface area contributed by atoms with Crippen LogP contribution in [0.5, 0.6) is 0 Å². The molecule has 0 bridgehead atoms. The second-order valence-electron chi connectivity index (χ2n) is 6.22. The summed E-state index contributed by atoms with van der Waals surface area (Å²) in [5.41, 5.74) is -0.445. The van der Waals surface area contributed by atoms with Gasteiger partial charge in [0.25, 0.3) is 5.91 Å². The van der Waals surface area contributed by atoms with Crippen molar-refractivity contribution in [3.8, 4) is 0 Å². The molecule has 1 aliphatic carbocycles. The summed E-state index contributed by atoms with van der Waals surface area (Å²) in [4.78, 5) is 12.1. The zero-order valence-electron chi connectivity index (χ0n) is 12.2. The van der Waals surface area contributed by atoms with E-state index in [2.05, 4.69) is 20.9 Å². The lowest BCUT2D eigenvalue weighted by Crippen LogP contribution is -2.43. The van der Waals surface area contributed by atoms with Crippen LogP contribution in [0.25, 0.3) is 0 Å². The van der Waals surface area contributed by atoms with E-state index in [1.54, 1.807) is 10.9 Å². The molecule has 2 fully saturated rings. The smallest absolute Gasteiger partial charge is 0.273 e. The molecule has 7 nitrogen and oxygen atoms in total. The van der Waals surface area contributed by atoms with Gasteiger partial charge in [0.2, 0.25) is 0 Å². The molecule has 116 valence electrons. The van der Waals surface area contributed by atoms with E-state index in [0.29, 0.717) is 18.3 Å². The number of hydrogen-bond donors (Lipinski definition) is 3. The van der Waals surface area contributed by atoms with E-state index in [0.717, 1.165) is 38.8 Å². The van der Waals surface area contributed by atoms with Gasteiger partial charge in [-0.2, -0.15) is 0 Å². The summed E-state index contributed by atoms with van der Waals surface area (Å²) in [7, 11) is 0. The summed E-state index contributed by atoms with van der Waals surface area (Å²) in [6, 6.07) is 0.296. The lowest BCUT2D eigenvalue weighted by molar-refractivity contribution is 0.0246. The molecule has 3 N–H and O–H groups in total. The second-order valence-corrected chi connectivity index (χ2v) is 6.22. The monoisotopic (exact) mass is 293 g/mol. The summed E-state index contributed by atoms with van der Waals surface area (Å²) in [5.74, 6) is -0.258. The maximum Gasteiger partial charge on any atom is 0.273 e. The normalized spacial score (nSPS) is 22.3. The van der Waals surface area contributed by atoms with E-state index in [1.807, 2.05) is 0 Å². The van der Waals surface area contributed by atoms with Crippen LogP contribution in [-0.4, -0.2) is 51.2 Å². The van der Waals surface area contributed by atoms with Gasteiger partial charge < -0.3 is 15.7 Å². The Labute approximate surface area is 124 Å². The number of carbonyl (C=O) groups is 1. The second kappa shape index (κ2) is 6.11. The molecule has 0 aromatic carbocycles. The van der Waals surface area contributed by atoms with Crippen molar-refractivity contribution >= 4 is 5.91 Å². The molecule has 0 atom stereocenters. The van der Waals surface area contributed by atoms with Crippen LogP contribution >= 0.6 is 0 Å². The maximum atomic E-state index is 12.1. The lowest BCUT2D eigenvalue weighted by Gasteiger charge is -2.26. The Morgan fingerprint density at radius 3 is 2.71 bits per heavy atom. The number of nitrogens with zero attached hydrogens (tertiary/aromatic N) is 3. The first-order valence-electron chi connectivity index (χ1n) is 7.79. The minimum absolute atomic E-state index is 0.258. The van der Waals surface area contributed by atoms with Crippen LogP contribution in [0.2, 0.25) is 0 Å². The SMILES string of the molecule is O=C(NCC1(O)CCCCCC1)c1cn(C2CNC2)nn1. The molecule has 0 spiro atoms. The fourth-order valence-electron chi connectivity index (χ4n) is 2.92. The Hall–Kier alpha value is -1.47. The highest BCUT2D eigenvalue weighted by molar-refractivity contribution is 5.91. The number of carbonyl (C=O) groups excluding carboxylic acids is 1. The fourth-order valence-corrected chi connectivity index (χ4v) is 2.92. The van der Waals surface area contributed by atoms with Gasteiger partial charge in [-0.25, -0.2) is 4.68 Å². The van der Waals surface area contributed by atoms with Gasteiger partial charge in [-0.1, -0.05) is 30.9 Å². The molecule has 0 radical (unpaired) electrons. The Bertz CT molecular complexity index is 489. The highest BCUT2D eigenvalue weighted by Crippen LogP contribution is 2.26. The molecule has 1 saturated heterocycles. The number of aliphatic hydroxyl groups is 1. The maximum absolute atomic E-state index is 12.1. The third kappa shape index (κ3) is 3.41. The molecular formula is C14H23N5O2. The fraction of sp³-hybridized carbons (Fsp3) is 0.786. The summed E-state index contributed by atoms with van der Waals surface area (Å²) >= 11 is 0. The van der Waals surface area contributed by atoms with Crippen molar-refractivity contribution in [1.82, 2.24) is 25.6 Å². The molecule has 1 aliphatic heterocycles. The molecule has 1 saturated carbocycles. The van der Waals surface area contributed by atoms with E-state index in [4.69, 9.17) is 0 Å². The summed E-state index contributed by atoms with van der Waals surface area (Å²) in [6.45, 7) is 2.03. The number of rotatable bonds is 4. The Balaban J connectivity index is 1.54. The average molecular weight is 293 g/mol. The van der Waals surface area contributed by atoms with Crippen LogP contribution in [-0.2, 0) is 0 Å². The molecule has 2 heterocycles. The zero-order chi connectivity index (χ0) is 14.7. The van der Waals surface area contributed by atoms with Gasteiger partial charge in [-0.15, -0.1) is 5.10 Å². The zero-order valence-corrected chi connectivity index (χ0v) is 12.2. The van der Waals surface area contributed by atoms with E-state index in [9.17, 15) is 9.90 Å². The van der Waals surface area contributed by atoms with E-state index in [-0.39, 0.29) is 5.91 Å². The highest BCUT2D eigenvalue weighted by Gasteiger charge is 2.29. The molecule has 1 aromatic rings. The van der Waals surface area contributed by atoms with Crippen LogP contribution in [0.1, 0.15) is 55.1 Å². The predicted octanol–water partition coefficient (Wildman–Crippen LogP) is 0.237. The minimum atomic E-state index is -0.764. The molecular weight excluding hydrogens is 270 g/mol. The first-order chi connectivity index (χ1) is 10.2. The van der Waals surface area contributed by atoms with Crippen LogP contribution in [0.15, 0.2) is 6.20 Å². The molecule has 7 heteroatoms. The van der Waals surface area contributed by atoms with Crippen molar-refractivity contribution in [1.29, 1.82) is 0 Å². The minimum Gasteiger partial charge on any atom is -0.388 e. The molecule has 2 aliphatic rings. The topological polar surface area (TPSA) is 92.1 Å². The van der Waals surface area contributed by atoms with Gasteiger partial charge >= 0.3 is 0 Å². The number of nitrogens with one attached hydrogen (secondary N) is 2. The van der Waals surface area contributed by atoms with Crippen molar-refractivity contribution in [2.24, 2.45) is 0 Å². The Kier molecular flexibility index (Phi) is 4.21. The van der Waals surface area contributed by atoms with E-state index < -0.39 is 5.60 Å². The predicted molar refractivity (Wildman–Crippen MR) is 76.9 cm³/mol. The van der Waals surface area contributed by atoms with Gasteiger partial charge in [-0.05, 0) is 12.8 Å². The Morgan fingerprint density at radius 2 is 2.10 bits per heavy atom. The summed E-state index contributed by atoms with van der Waals surface area (Å²) in [6.07, 6.45) is 7.58. The third-order valence-corrected chi connectivity index (χ3v) is 4.49. The number of aromatic nitrogens is 3. The first kappa shape index (κ1) is 14.5. The molecule has 1 aromatic heterocycles. The lowest BCUT2D eigenvalue weighted by atomic mass is 9.94. The standard InChI is InChI=1S/C14H23N5O2/c20-13(12-9-19(18-17-12)11-7-15-8-11)16-10-14(21)5-3-1-2-4-6-14/h9,11,15,21H,1-8,10H2,(H,16,20). The van der Waals surface area contributed by atoms with Crippen molar-refractivity contribution in [3.63, 3.8) is 0 Å². The summed E-state index contributed by atoms with van der Waals surface area (Å²) < 4.78 is 1.73. The van der Waals surface area contributed by atoms with E-state index >= 15 is 0 Å². The number of hydrogen-bond acceptors (Lipinski definition) is 5. The Morgan fingerprint density at radius 1 is 1.38 bits per heavy atom. The molecule has 0 unspecified atom stereocenters. The third-order valence-electron chi connectivity index (χ3n) is 4.49. The van der Waals surface area contributed by atoms with Crippen LogP contribution in [0.4, 0.5) is 0 Å². The largest absolute Gasteiger partial charge is 0.388 e. The van der Waals surface area contributed by atoms with Crippen molar-refractivity contribution in [3.05, 3.63) is 11.9 Å². The van der Waals surface area contributed by atoms with Gasteiger partial charge in [0.15, 0.2) is 5.69 Å². The van der Waals surface area contributed by atoms with Gasteiger partial charge in [0, 0.05) is 19.6 Å². The average Bonchev–Trinajstić information content (AvgIpc) is 2.77. The van der Waals surface area contributed by atoms with Crippen molar-refractivity contribution < 1.29 is 9.90 Å². The molecule has 3 rings (SSSR count). The highest BCUT2D eigenvalue weighted by atomic mass is 16.3. The van der Waals surface area contributed by atoms with Crippen molar-refractivity contribution in [2.45, 2.75) is 50.2 Å². The first-order valence-corrected chi connectivity index (χ1v) is 7.79. The van der Waals surface area contributed by atoms with E-state index in [1.165, 1.54) is 12.8 Å². The van der Waals surface area contributed by atoms with Gasteiger partial charge in [-0.3, -0.25) is 4.79 Å². The van der Waals surface area contributed by atoms with Crippen molar-refractivity contribution in [2.75, 3.05) is 19.6 Å². The van der Waals surface area contributed by atoms with Gasteiger partial charge in [0.05, 0.1) is 17.8 Å². The molecule has 21 heavy (non-hydrogen) atoms. The van der Waals surface area contributed by atoms with Crippen LogP contribution < -0.4 is 10.6 Å². The van der Waals surface area contributed by atoms with Crippen LogP contribution in [0.3, 0.4) is 0 Å².